The van der Waals surface area contributed by atoms with Gasteiger partial charge in [0.1, 0.15) is 0 Å². The van der Waals surface area contributed by atoms with E-state index in [9.17, 15) is 9.59 Å². The molecule has 0 aromatic heterocycles. The van der Waals surface area contributed by atoms with E-state index < -0.39 is 0 Å². The highest BCUT2D eigenvalue weighted by molar-refractivity contribution is 6.22. The number of nitrogens with zero attached hydrogens (tertiary/aromatic N) is 1. The van der Waals surface area contributed by atoms with E-state index in [4.69, 9.17) is 0 Å². The number of para-hydroxylation sites is 1. The maximum Gasteiger partial charge on any atom is 0.251 e. The van der Waals surface area contributed by atoms with Gasteiger partial charge in [0.05, 0.1) is 18.2 Å². The SMILES string of the molecule is O=C1CC(NC2CCC2)C(=O)N1c1ccccc1. The number of hydrogen-bond acceptors (Lipinski definition) is 3. The van der Waals surface area contributed by atoms with Gasteiger partial charge in [-0.3, -0.25) is 9.59 Å². The number of hydrogen-bond donors (Lipinski definition) is 1. The average molecular weight is 244 g/mol. The van der Waals surface area contributed by atoms with Gasteiger partial charge in [0.15, 0.2) is 0 Å². The lowest BCUT2D eigenvalue weighted by Crippen LogP contribution is -2.46. The Labute approximate surface area is 106 Å². The number of imide groups is 1. The molecule has 18 heavy (non-hydrogen) atoms. The maximum absolute atomic E-state index is 12.2. The summed E-state index contributed by atoms with van der Waals surface area (Å²) >= 11 is 0. The molecule has 4 nitrogen and oxygen atoms in total. The van der Waals surface area contributed by atoms with Crippen LogP contribution in [0.15, 0.2) is 30.3 Å². The summed E-state index contributed by atoms with van der Waals surface area (Å²) in [6.07, 6.45) is 3.73. The topological polar surface area (TPSA) is 49.4 Å². The van der Waals surface area contributed by atoms with Crippen molar-refractivity contribution in [1.29, 1.82) is 0 Å². The first-order chi connectivity index (χ1) is 8.75. The average Bonchev–Trinajstić information content (AvgIpc) is 2.60. The molecule has 2 amide bonds. The molecule has 2 fully saturated rings. The van der Waals surface area contributed by atoms with Gasteiger partial charge in [-0.1, -0.05) is 24.6 Å². The number of benzene rings is 1. The van der Waals surface area contributed by atoms with E-state index in [1.807, 2.05) is 18.2 Å². The number of carbonyl (C=O) groups is 2. The van der Waals surface area contributed by atoms with Gasteiger partial charge in [-0.2, -0.15) is 0 Å². The van der Waals surface area contributed by atoms with Crippen molar-refractivity contribution in [2.24, 2.45) is 0 Å². The van der Waals surface area contributed by atoms with Crippen LogP contribution >= 0.6 is 0 Å². The van der Waals surface area contributed by atoms with Crippen LogP contribution in [0.5, 0.6) is 0 Å². The molecule has 1 aromatic rings. The molecule has 3 rings (SSSR count). The van der Waals surface area contributed by atoms with E-state index in [2.05, 4.69) is 5.32 Å². The Bertz CT molecular complexity index is 468. The van der Waals surface area contributed by atoms with Crippen LogP contribution in [0.2, 0.25) is 0 Å². The fraction of sp³-hybridized carbons (Fsp3) is 0.429. The first-order valence-electron chi connectivity index (χ1n) is 6.43. The minimum atomic E-state index is -0.331. The number of carbonyl (C=O) groups excluding carboxylic acids is 2. The maximum atomic E-state index is 12.2. The van der Waals surface area contributed by atoms with Crippen molar-refractivity contribution in [2.45, 2.75) is 37.8 Å². The summed E-state index contributed by atoms with van der Waals surface area (Å²) in [7, 11) is 0. The molecular formula is C14H16N2O2. The minimum Gasteiger partial charge on any atom is -0.303 e. The van der Waals surface area contributed by atoms with Crippen LogP contribution in [0, 0.1) is 0 Å². The lowest BCUT2D eigenvalue weighted by Gasteiger charge is -2.28. The van der Waals surface area contributed by atoms with Crippen molar-refractivity contribution in [3.05, 3.63) is 30.3 Å². The summed E-state index contributed by atoms with van der Waals surface area (Å²) in [4.78, 5) is 25.5. The van der Waals surface area contributed by atoms with Crippen LogP contribution in [0.25, 0.3) is 0 Å². The predicted molar refractivity (Wildman–Crippen MR) is 68.1 cm³/mol. The summed E-state index contributed by atoms with van der Waals surface area (Å²) < 4.78 is 0. The number of rotatable bonds is 3. The van der Waals surface area contributed by atoms with E-state index in [1.165, 1.54) is 11.3 Å². The molecule has 4 heteroatoms. The second-order valence-corrected chi connectivity index (χ2v) is 4.95. The molecule has 0 spiro atoms. The number of anilines is 1. The summed E-state index contributed by atoms with van der Waals surface area (Å²) in [6, 6.07) is 9.22. The number of amides is 2. The Morgan fingerprint density at radius 2 is 1.83 bits per heavy atom. The van der Waals surface area contributed by atoms with Crippen LogP contribution in [0.4, 0.5) is 5.69 Å². The molecule has 1 N–H and O–H groups in total. The van der Waals surface area contributed by atoms with Gasteiger partial charge >= 0.3 is 0 Å². The highest BCUT2D eigenvalue weighted by Crippen LogP contribution is 2.25. The quantitative estimate of drug-likeness (QED) is 0.819. The fourth-order valence-electron chi connectivity index (χ4n) is 2.47. The van der Waals surface area contributed by atoms with Crippen molar-refractivity contribution >= 4 is 17.5 Å². The zero-order chi connectivity index (χ0) is 12.5. The molecule has 0 radical (unpaired) electrons. The fourth-order valence-corrected chi connectivity index (χ4v) is 2.47. The van der Waals surface area contributed by atoms with Crippen LogP contribution in [-0.4, -0.2) is 23.9 Å². The lowest BCUT2D eigenvalue weighted by molar-refractivity contribution is -0.121. The molecule has 1 aromatic carbocycles. The summed E-state index contributed by atoms with van der Waals surface area (Å²) in [5.41, 5.74) is 0.672. The standard InChI is InChI=1S/C14H16N2O2/c17-13-9-12(15-10-5-4-6-10)14(18)16(13)11-7-2-1-3-8-11/h1-3,7-8,10,12,15H,4-6,9H2. The van der Waals surface area contributed by atoms with Gasteiger partial charge < -0.3 is 5.32 Å². The van der Waals surface area contributed by atoms with Crippen molar-refractivity contribution < 1.29 is 9.59 Å². The Kier molecular flexibility index (Phi) is 2.88. The van der Waals surface area contributed by atoms with E-state index >= 15 is 0 Å². The highest BCUT2D eigenvalue weighted by atomic mass is 16.2. The van der Waals surface area contributed by atoms with Crippen molar-refractivity contribution in [2.75, 3.05) is 4.90 Å². The molecule has 1 aliphatic heterocycles. The van der Waals surface area contributed by atoms with Gasteiger partial charge in [-0.15, -0.1) is 0 Å². The van der Waals surface area contributed by atoms with E-state index in [0.717, 1.165) is 12.8 Å². The first-order valence-corrected chi connectivity index (χ1v) is 6.43. The third-order valence-electron chi connectivity index (χ3n) is 3.70. The second kappa shape index (κ2) is 4.53. The van der Waals surface area contributed by atoms with Crippen molar-refractivity contribution in [1.82, 2.24) is 5.32 Å². The monoisotopic (exact) mass is 244 g/mol. The van der Waals surface area contributed by atoms with Gasteiger partial charge in [0.25, 0.3) is 5.91 Å². The lowest BCUT2D eigenvalue weighted by atomic mass is 9.92. The molecule has 1 saturated carbocycles. The second-order valence-electron chi connectivity index (χ2n) is 4.95. The normalized spacial score (nSPS) is 24.4. The molecule has 1 unspecified atom stereocenters. The molecule has 1 heterocycles. The molecule has 94 valence electrons. The van der Waals surface area contributed by atoms with Crippen LogP contribution in [-0.2, 0) is 9.59 Å². The zero-order valence-corrected chi connectivity index (χ0v) is 10.1. The Morgan fingerprint density at radius 3 is 2.44 bits per heavy atom. The van der Waals surface area contributed by atoms with Gasteiger partial charge in [-0.05, 0) is 25.0 Å². The molecule has 1 saturated heterocycles. The van der Waals surface area contributed by atoms with Gasteiger partial charge in [0.2, 0.25) is 5.91 Å². The highest BCUT2D eigenvalue weighted by Gasteiger charge is 2.40. The molecule has 1 aliphatic carbocycles. The third kappa shape index (κ3) is 1.93. The molecule has 1 atom stereocenters. The van der Waals surface area contributed by atoms with Gasteiger partial charge in [0, 0.05) is 6.04 Å². The molecule has 0 bridgehead atoms. The van der Waals surface area contributed by atoms with Crippen LogP contribution in [0.3, 0.4) is 0 Å². The Morgan fingerprint density at radius 1 is 1.11 bits per heavy atom. The number of nitrogens with one attached hydrogen (secondary N) is 1. The zero-order valence-electron chi connectivity index (χ0n) is 10.1. The van der Waals surface area contributed by atoms with Crippen molar-refractivity contribution in [3.8, 4) is 0 Å². The van der Waals surface area contributed by atoms with E-state index in [0.29, 0.717) is 11.7 Å². The van der Waals surface area contributed by atoms with Crippen LogP contribution in [0.1, 0.15) is 25.7 Å². The molecular weight excluding hydrogens is 228 g/mol. The molecule has 2 aliphatic rings. The Hall–Kier alpha value is -1.68. The van der Waals surface area contributed by atoms with E-state index in [1.54, 1.807) is 12.1 Å². The Balaban J connectivity index is 1.76. The summed E-state index contributed by atoms with van der Waals surface area (Å²) in [5.74, 6) is -0.221. The largest absolute Gasteiger partial charge is 0.303 e. The summed E-state index contributed by atoms with van der Waals surface area (Å²) in [5, 5.41) is 3.28. The van der Waals surface area contributed by atoms with Crippen molar-refractivity contribution in [3.63, 3.8) is 0 Å². The smallest absolute Gasteiger partial charge is 0.251 e. The predicted octanol–water partition coefficient (Wildman–Crippen LogP) is 1.46. The summed E-state index contributed by atoms with van der Waals surface area (Å²) in [6.45, 7) is 0. The third-order valence-corrected chi connectivity index (χ3v) is 3.70. The van der Waals surface area contributed by atoms with E-state index in [-0.39, 0.29) is 24.3 Å². The van der Waals surface area contributed by atoms with Crippen LogP contribution < -0.4 is 10.2 Å². The first kappa shape index (κ1) is 11.4. The minimum absolute atomic E-state index is 0.108. The van der Waals surface area contributed by atoms with Gasteiger partial charge in [-0.25, -0.2) is 4.90 Å².